The monoisotopic (exact) mass is 643 g/mol. The summed E-state index contributed by atoms with van der Waals surface area (Å²) in [6.45, 7) is 12.0. The molecule has 2 unspecified atom stereocenters. The molecule has 0 aliphatic heterocycles. The van der Waals surface area contributed by atoms with Gasteiger partial charge in [0.05, 0.1) is 48.6 Å². The van der Waals surface area contributed by atoms with E-state index < -0.39 is 53.3 Å². The molecule has 250 valence electrons. The predicted molar refractivity (Wildman–Crippen MR) is 167 cm³/mol. The van der Waals surface area contributed by atoms with E-state index in [1.54, 1.807) is 51.1 Å². The molecule has 15 nitrogen and oxygen atoms in total. The first-order chi connectivity index (χ1) is 21.6. The maximum absolute atomic E-state index is 13.9. The highest BCUT2D eigenvalue weighted by atomic mass is 16.6. The molecule has 3 N–H and O–H groups in total. The van der Waals surface area contributed by atoms with E-state index in [0.29, 0.717) is 5.69 Å². The molecule has 0 radical (unpaired) electrons. The van der Waals surface area contributed by atoms with E-state index in [-0.39, 0.29) is 41.4 Å². The second-order valence-corrected chi connectivity index (χ2v) is 10.9. The van der Waals surface area contributed by atoms with Crippen LogP contribution in [0.25, 0.3) is 0 Å². The van der Waals surface area contributed by atoms with Crippen LogP contribution in [0.4, 0.5) is 10.5 Å². The molecule has 0 fully saturated rings. The molecule has 1 aromatic heterocycles. The highest BCUT2D eigenvalue weighted by Crippen LogP contribution is 2.26. The van der Waals surface area contributed by atoms with Gasteiger partial charge < -0.3 is 24.3 Å². The van der Waals surface area contributed by atoms with Crippen molar-refractivity contribution in [1.82, 2.24) is 10.1 Å². The van der Waals surface area contributed by atoms with Gasteiger partial charge in [0.15, 0.2) is 5.92 Å². The zero-order valence-electron chi connectivity index (χ0n) is 27.4. The average Bonchev–Trinajstić information content (AvgIpc) is 3.22. The van der Waals surface area contributed by atoms with E-state index in [1.807, 2.05) is 0 Å². The van der Waals surface area contributed by atoms with Crippen LogP contribution < -0.4 is 16.2 Å². The molecule has 1 aromatic carbocycles. The van der Waals surface area contributed by atoms with E-state index in [4.69, 9.17) is 18.9 Å². The Bertz CT molecular complexity index is 1490. The first-order valence-corrected chi connectivity index (χ1v) is 14.4. The van der Waals surface area contributed by atoms with Gasteiger partial charge in [0.2, 0.25) is 0 Å². The lowest BCUT2D eigenvalue weighted by molar-refractivity contribution is -0.160. The molecule has 0 saturated carbocycles. The van der Waals surface area contributed by atoms with E-state index >= 15 is 0 Å². The molecular formula is C31H41N5O10. The number of hydrazone groups is 1. The number of nitrogens with one attached hydrogen (secondary N) is 3. The summed E-state index contributed by atoms with van der Waals surface area (Å²) < 4.78 is 21.5. The highest BCUT2D eigenvalue weighted by Gasteiger charge is 2.44. The number of nitrogens with zero attached hydrogens (tertiary/aromatic N) is 2. The van der Waals surface area contributed by atoms with Crippen molar-refractivity contribution in [1.29, 1.82) is 0 Å². The smallest absolute Gasteiger partial charge is 0.428 e. The first kappa shape index (κ1) is 37.0. The Morgan fingerprint density at radius 1 is 0.870 bits per heavy atom. The van der Waals surface area contributed by atoms with Gasteiger partial charge in [-0.15, -0.1) is 0 Å². The minimum absolute atomic E-state index is 0.0950. The summed E-state index contributed by atoms with van der Waals surface area (Å²) in [6.07, 6.45) is -0.943. The van der Waals surface area contributed by atoms with Crippen LogP contribution in [0, 0.1) is 25.7 Å². The number of anilines is 1. The van der Waals surface area contributed by atoms with Gasteiger partial charge in [0.25, 0.3) is 11.8 Å². The largest absolute Gasteiger partial charge is 0.465 e. The third-order valence-corrected chi connectivity index (χ3v) is 6.38. The Balaban J connectivity index is 2.62. The van der Waals surface area contributed by atoms with Gasteiger partial charge in [-0.2, -0.15) is 5.10 Å². The number of rotatable bonds is 12. The van der Waals surface area contributed by atoms with Gasteiger partial charge in [-0.1, -0.05) is 18.2 Å². The zero-order valence-corrected chi connectivity index (χ0v) is 27.4. The van der Waals surface area contributed by atoms with Crippen molar-refractivity contribution in [2.24, 2.45) is 16.9 Å². The van der Waals surface area contributed by atoms with Crippen LogP contribution in [-0.2, 0) is 33.3 Å². The lowest BCUT2D eigenvalue weighted by atomic mass is 9.87. The van der Waals surface area contributed by atoms with E-state index in [9.17, 15) is 28.8 Å². The minimum atomic E-state index is -1.88. The topological polar surface area (TPSA) is 193 Å². The quantitative estimate of drug-likeness (QED) is 0.101. The van der Waals surface area contributed by atoms with Crippen LogP contribution >= 0.6 is 0 Å². The number of para-hydroxylation sites is 1. The molecule has 0 aliphatic carbocycles. The maximum atomic E-state index is 13.9. The summed E-state index contributed by atoms with van der Waals surface area (Å²) in [5.41, 5.74) is 4.08. The molecule has 0 saturated heterocycles. The highest BCUT2D eigenvalue weighted by molar-refractivity contribution is 6.15. The fourth-order valence-corrected chi connectivity index (χ4v) is 4.44. The number of methoxy groups -OCH3 is 1. The Morgan fingerprint density at radius 3 is 1.93 bits per heavy atom. The van der Waals surface area contributed by atoms with Gasteiger partial charge in [-0.3, -0.25) is 29.3 Å². The number of esters is 3. The first-order valence-electron chi connectivity index (χ1n) is 14.4. The predicted octanol–water partition coefficient (Wildman–Crippen LogP) is 3.47. The van der Waals surface area contributed by atoms with E-state index in [1.165, 1.54) is 34.6 Å². The summed E-state index contributed by atoms with van der Waals surface area (Å²) in [5, 5.41) is 6.60. The summed E-state index contributed by atoms with van der Waals surface area (Å²) in [7, 11) is 1.14. The van der Waals surface area contributed by atoms with Crippen molar-refractivity contribution in [2.45, 2.75) is 61.0 Å². The zero-order chi connectivity index (χ0) is 34.8. The Labute approximate surface area is 266 Å². The molecule has 2 rings (SSSR count). The van der Waals surface area contributed by atoms with Crippen molar-refractivity contribution in [3.05, 3.63) is 52.8 Å². The van der Waals surface area contributed by atoms with Crippen molar-refractivity contribution < 1.29 is 47.7 Å². The maximum Gasteiger partial charge on any atom is 0.428 e. The van der Waals surface area contributed by atoms with Crippen LogP contribution in [0.1, 0.15) is 73.6 Å². The van der Waals surface area contributed by atoms with Crippen LogP contribution in [0.2, 0.25) is 0 Å². The van der Waals surface area contributed by atoms with Gasteiger partial charge >= 0.3 is 24.0 Å². The lowest BCUT2D eigenvalue weighted by Crippen LogP contribution is -2.46. The molecule has 3 amide bonds. The van der Waals surface area contributed by atoms with E-state index in [0.717, 1.165) is 11.8 Å². The number of amides is 3. The Morgan fingerprint density at radius 2 is 1.41 bits per heavy atom. The number of carbonyl (C=O) groups is 6. The average molecular weight is 644 g/mol. The molecular weight excluding hydrogens is 602 g/mol. The number of hydrogen-bond donors (Lipinski definition) is 3. The molecule has 46 heavy (non-hydrogen) atoms. The number of ether oxygens (including phenoxy) is 4. The molecule has 15 heteroatoms. The number of aromatic nitrogens is 1. The lowest BCUT2D eigenvalue weighted by Gasteiger charge is -2.24. The Hall–Kier alpha value is -5.21. The fraction of sp³-hybridized carbons (Fsp3) is 0.452. The van der Waals surface area contributed by atoms with E-state index in [2.05, 4.69) is 21.3 Å². The van der Waals surface area contributed by atoms with Crippen LogP contribution in [0.5, 0.6) is 0 Å². The minimum Gasteiger partial charge on any atom is -0.465 e. The summed E-state index contributed by atoms with van der Waals surface area (Å²) in [5.74, 6) is -8.21. The number of hydrogen-bond acceptors (Lipinski definition) is 11. The third kappa shape index (κ3) is 9.39. The van der Waals surface area contributed by atoms with Crippen LogP contribution in [0.15, 0.2) is 35.4 Å². The van der Waals surface area contributed by atoms with Gasteiger partial charge in [-0.05, 0) is 67.5 Å². The second kappa shape index (κ2) is 16.2. The van der Waals surface area contributed by atoms with Crippen molar-refractivity contribution in [2.75, 3.05) is 31.1 Å². The van der Waals surface area contributed by atoms with Gasteiger partial charge in [-0.25, -0.2) is 15.0 Å². The van der Waals surface area contributed by atoms with Crippen LogP contribution in [-0.4, -0.2) is 72.1 Å². The number of benzene rings is 1. The van der Waals surface area contributed by atoms with Crippen LogP contribution in [0.3, 0.4) is 0 Å². The molecule has 2 aromatic rings. The molecule has 0 bridgehead atoms. The molecule has 1 heterocycles. The normalized spacial score (nSPS) is 12.7. The fourth-order valence-electron chi connectivity index (χ4n) is 4.44. The van der Waals surface area contributed by atoms with Crippen molar-refractivity contribution in [3.8, 4) is 0 Å². The van der Waals surface area contributed by atoms with Gasteiger partial charge in [0.1, 0.15) is 11.5 Å². The van der Waals surface area contributed by atoms with Crippen molar-refractivity contribution in [3.63, 3.8) is 0 Å². The third-order valence-electron chi connectivity index (χ3n) is 6.38. The molecule has 2 atom stereocenters. The summed E-state index contributed by atoms with van der Waals surface area (Å²) in [4.78, 5) is 78.8. The molecule has 0 aliphatic rings. The van der Waals surface area contributed by atoms with Crippen molar-refractivity contribution >= 4 is 47.2 Å². The molecule has 0 spiro atoms. The second-order valence-electron chi connectivity index (χ2n) is 10.9. The SMILES string of the molecule is CCOC(=O)C(C(=O)Nn1c(C)c(C(=O)Nc2ccccc2)c(C(=O)OC)c1C)C(C(=O)OCC)/C(C)=N/NC(=O)OC(C)(C)C. The standard InChI is InChI=1S/C31H41N5O10/c1-10-44-28(40)21(17(3)33-34-30(42)46-31(6,7)8)24(29(41)45-11-2)26(38)35-36-18(4)22(23(19(36)5)27(39)43-9)25(37)32-20-15-13-12-14-16-20/h12-16,21,24H,10-11H2,1-9H3,(H,32,37)(H,34,42)(H,35,38)/b33-17+. The summed E-state index contributed by atoms with van der Waals surface area (Å²) in [6, 6.07) is 8.49. The Kier molecular flexibility index (Phi) is 13.0. The summed E-state index contributed by atoms with van der Waals surface area (Å²) >= 11 is 0. The van der Waals surface area contributed by atoms with Gasteiger partial charge in [0, 0.05) is 5.69 Å². The number of carbonyl (C=O) groups excluding carboxylic acids is 6.